The van der Waals surface area contributed by atoms with Crippen molar-refractivity contribution in [2.45, 2.75) is 19.3 Å². The first kappa shape index (κ1) is 20.7. The molecular formula is C22H23ClN2O4. The summed E-state index contributed by atoms with van der Waals surface area (Å²) in [6.45, 7) is 4.47. The van der Waals surface area contributed by atoms with E-state index in [4.69, 9.17) is 21.1 Å². The van der Waals surface area contributed by atoms with E-state index < -0.39 is 0 Å². The number of anilines is 2. The third-order valence-electron chi connectivity index (χ3n) is 4.54. The fourth-order valence-corrected chi connectivity index (χ4v) is 3.30. The van der Waals surface area contributed by atoms with Gasteiger partial charge >= 0.3 is 0 Å². The first-order valence-corrected chi connectivity index (χ1v) is 9.94. The molecule has 29 heavy (non-hydrogen) atoms. The van der Waals surface area contributed by atoms with Crippen molar-refractivity contribution in [1.29, 1.82) is 0 Å². The van der Waals surface area contributed by atoms with Crippen LogP contribution in [0.25, 0.3) is 0 Å². The van der Waals surface area contributed by atoms with Gasteiger partial charge in [-0.25, -0.2) is 0 Å². The van der Waals surface area contributed by atoms with E-state index in [1.165, 1.54) is 23.6 Å². The molecule has 6 nitrogen and oxygen atoms in total. The van der Waals surface area contributed by atoms with Crippen molar-refractivity contribution in [3.8, 4) is 11.5 Å². The molecule has 0 spiro atoms. The van der Waals surface area contributed by atoms with Crippen LogP contribution in [0.3, 0.4) is 0 Å². The summed E-state index contributed by atoms with van der Waals surface area (Å²) in [6, 6.07) is 11.3. The molecule has 2 aromatic carbocycles. The van der Waals surface area contributed by atoms with Crippen molar-refractivity contribution in [3.05, 3.63) is 60.2 Å². The zero-order valence-corrected chi connectivity index (χ0v) is 16.8. The highest BCUT2D eigenvalue weighted by molar-refractivity contribution is 6.29. The maximum Gasteiger partial charge on any atom is 0.247 e. The zero-order valence-electron chi connectivity index (χ0n) is 16.0. The van der Waals surface area contributed by atoms with Crippen molar-refractivity contribution in [1.82, 2.24) is 0 Å². The van der Waals surface area contributed by atoms with Gasteiger partial charge in [0.2, 0.25) is 11.8 Å². The molecule has 0 atom stereocenters. The second kappa shape index (κ2) is 9.98. The molecule has 0 saturated carbocycles. The van der Waals surface area contributed by atoms with E-state index in [0.29, 0.717) is 30.4 Å². The maximum absolute atomic E-state index is 11.1. The predicted molar refractivity (Wildman–Crippen MR) is 114 cm³/mol. The molecule has 1 aliphatic carbocycles. The number of alkyl halides is 1. The second-order valence-corrected chi connectivity index (χ2v) is 6.80. The highest BCUT2D eigenvalue weighted by Crippen LogP contribution is 2.32. The summed E-state index contributed by atoms with van der Waals surface area (Å²) >= 11 is 5.44. The molecule has 7 heteroatoms. The predicted octanol–water partition coefficient (Wildman–Crippen LogP) is 3.93. The largest absolute Gasteiger partial charge is 0.486 e. The number of hydrogen-bond donors (Lipinski definition) is 2. The lowest BCUT2D eigenvalue weighted by Crippen LogP contribution is -2.15. The average Bonchev–Trinajstić information content (AvgIpc) is 3.24. The number of halogens is 1. The molecule has 2 aliphatic rings. The maximum atomic E-state index is 11.1. The van der Waals surface area contributed by atoms with Gasteiger partial charge in [0.05, 0.1) is 0 Å². The summed E-state index contributed by atoms with van der Waals surface area (Å²) in [7, 11) is 0. The van der Waals surface area contributed by atoms with E-state index in [9.17, 15) is 9.59 Å². The molecular weight excluding hydrogens is 392 g/mol. The van der Waals surface area contributed by atoms with Crippen LogP contribution >= 0.6 is 11.6 Å². The molecule has 1 heterocycles. The van der Waals surface area contributed by atoms with Crippen molar-refractivity contribution < 1.29 is 19.1 Å². The summed E-state index contributed by atoms with van der Waals surface area (Å²) < 4.78 is 10.7. The van der Waals surface area contributed by atoms with Crippen LogP contribution in [0.2, 0.25) is 0 Å². The molecule has 152 valence electrons. The van der Waals surface area contributed by atoms with Gasteiger partial charge in [-0.2, -0.15) is 0 Å². The smallest absolute Gasteiger partial charge is 0.247 e. The van der Waals surface area contributed by atoms with Gasteiger partial charge in [0.1, 0.15) is 19.1 Å². The Morgan fingerprint density at radius 1 is 1.07 bits per heavy atom. The van der Waals surface area contributed by atoms with Crippen LogP contribution in [0.1, 0.15) is 17.5 Å². The number of carbonyl (C=O) groups is 2. The number of ether oxygens (including phenoxy) is 2. The van der Waals surface area contributed by atoms with Crippen molar-refractivity contribution in [2.24, 2.45) is 0 Å². The lowest BCUT2D eigenvalue weighted by molar-refractivity contribution is -0.114. The molecule has 2 aromatic rings. The van der Waals surface area contributed by atoms with Gasteiger partial charge in [-0.15, -0.1) is 11.6 Å². The van der Waals surface area contributed by atoms with E-state index in [1.807, 2.05) is 12.1 Å². The molecule has 0 saturated heterocycles. The van der Waals surface area contributed by atoms with Gasteiger partial charge in [0.25, 0.3) is 0 Å². The van der Waals surface area contributed by atoms with Gasteiger partial charge < -0.3 is 20.1 Å². The van der Waals surface area contributed by atoms with Crippen molar-refractivity contribution in [2.75, 3.05) is 29.7 Å². The van der Waals surface area contributed by atoms with Crippen molar-refractivity contribution in [3.63, 3.8) is 0 Å². The number of nitrogens with one attached hydrogen (secondary N) is 2. The Hall–Kier alpha value is -2.99. The van der Waals surface area contributed by atoms with E-state index in [0.717, 1.165) is 18.5 Å². The molecule has 0 unspecified atom stereocenters. The number of carbonyl (C=O) groups excluding carboxylic acids is 2. The van der Waals surface area contributed by atoms with Gasteiger partial charge in [-0.05, 0) is 54.7 Å². The number of aryl methyl sites for hydroxylation is 1. The quantitative estimate of drug-likeness (QED) is 0.587. The third-order valence-corrected chi connectivity index (χ3v) is 4.78. The SMILES string of the molecule is C=CC(=O)Nc1ccc2c(c1)OCCO2.O=C(CCl)Nc1cccc2c1CCC2. The Kier molecular flexibility index (Phi) is 7.14. The van der Waals surface area contributed by atoms with Crippen LogP contribution < -0.4 is 20.1 Å². The van der Waals surface area contributed by atoms with Crippen LogP contribution in [0.5, 0.6) is 11.5 Å². The van der Waals surface area contributed by atoms with Crippen LogP contribution in [0, 0.1) is 0 Å². The number of amides is 2. The Balaban J connectivity index is 0.000000166. The molecule has 0 radical (unpaired) electrons. The normalized spacial score (nSPS) is 13.4. The summed E-state index contributed by atoms with van der Waals surface area (Å²) in [5, 5.41) is 5.47. The average molecular weight is 415 g/mol. The first-order chi connectivity index (χ1) is 14.1. The minimum atomic E-state index is -0.244. The second-order valence-electron chi connectivity index (χ2n) is 6.53. The molecule has 2 amide bonds. The number of rotatable bonds is 4. The van der Waals surface area contributed by atoms with E-state index >= 15 is 0 Å². The van der Waals surface area contributed by atoms with E-state index in [1.54, 1.807) is 18.2 Å². The minimum Gasteiger partial charge on any atom is -0.486 e. The van der Waals surface area contributed by atoms with Gasteiger partial charge in [0, 0.05) is 17.4 Å². The fraction of sp³-hybridized carbons (Fsp3) is 0.273. The van der Waals surface area contributed by atoms with Crippen LogP contribution in [-0.2, 0) is 22.4 Å². The number of hydrogen-bond acceptors (Lipinski definition) is 4. The summed E-state index contributed by atoms with van der Waals surface area (Å²) in [5.41, 5.74) is 4.25. The lowest BCUT2D eigenvalue weighted by Gasteiger charge is -2.18. The lowest BCUT2D eigenvalue weighted by atomic mass is 10.1. The molecule has 2 N–H and O–H groups in total. The fourth-order valence-electron chi connectivity index (χ4n) is 3.23. The highest BCUT2D eigenvalue weighted by Gasteiger charge is 2.15. The molecule has 1 aliphatic heterocycles. The minimum absolute atomic E-state index is 0.0175. The summed E-state index contributed by atoms with van der Waals surface area (Å²) in [5.74, 6) is 1.00. The van der Waals surface area contributed by atoms with Gasteiger partial charge in [0.15, 0.2) is 11.5 Å². The van der Waals surface area contributed by atoms with Crippen LogP contribution in [-0.4, -0.2) is 30.9 Å². The standard InChI is InChI=1S/C11H12ClNO.C11H11NO3/c12-7-11(14)13-10-6-2-4-8-3-1-5-9(8)10;1-2-11(13)12-8-3-4-9-10(7-8)15-6-5-14-9/h2,4,6H,1,3,5,7H2,(H,13,14);2-4,7H,1,5-6H2,(H,12,13). The Labute approximate surface area is 174 Å². The van der Waals surface area contributed by atoms with E-state index in [-0.39, 0.29) is 17.7 Å². The molecule has 0 aromatic heterocycles. The monoisotopic (exact) mass is 414 g/mol. The molecule has 4 rings (SSSR count). The molecule has 0 bridgehead atoms. The first-order valence-electron chi connectivity index (χ1n) is 9.40. The van der Waals surface area contributed by atoms with Gasteiger partial charge in [-0.1, -0.05) is 18.7 Å². The Morgan fingerprint density at radius 2 is 1.86 bits per heavy atom. The van der Waals surface area contributed by atoms with E-state index in [2.05, 4.69) is 23.3 Å². The third kappa shape index (κ3) is 5.51. The zero-order chi connectivity index (χ0) is 20.6. The summed E-state index contributed by atoms with van der Waals surface area (Å²) in [4.78, 5) is 22.2. The topological polar surface area (TPSA) is 76.7 Å². The summed E-state index contributed by atoms with van der Waals surface area (Å²) in [6.07, 6.45) is 4.59. The Morgan fingerprint density at radius 3 is 2.62 bits per heavy atom. The Bertz CT molecular complexity index is 914. The number of fused-ring (bicyclic) bond motifs is 2. The highest BCUT2D eigenvalue weighted by atomic mass is 35.5. The number of benzene rings is 2. The van der Waals surface area contributed by atoms with Crippen LogP contribution in [0.4, 0.5) is 11.4 Å². The van der Waals surface area contributed by atoms with Crippen LogP contribution in [0.15, 0.2) is 49.1 Å². The van der Waals surface area contributed by atoms with Crippen molar-refractivity contribution >= 4 is 34.8 Å². The molecule has 0 fully saturated rings. The van der Waals surface area contributed by atoms with Gasteiger partial charge in [-0.3, -0.25) is 9.59 Å².